The molecule has 17 nitrogen and oxygen atoms in total. The van der Waals surface area contributed by atoms with Crippen molar-refractivity contribution in [2.24, 2.45) is 13.0 Å². The summed E-state index contributed by atoms with van der Waals surface area (Å²) in [7, 11) is 1.66. The van der Waals surface area contributed by atoms with Crippen molar-refractivity contribution in [1.82, 2.24) is 49.0 Å². The van der Waals surface area contributed by atoms with Gasteiger partial charge < -0.3 is 25.2 Å². The van der Waals surface area contributed by atoms with Gasteiger partial charge in [-0.05, 0) is 75.5 Å². The minimum absolute atomic E-state index is 0.00216. The number of aryl methyl sites for hydroxylation is 1. The number of hydrogen-bond donors (Lipinski definition) is 3. The number of piperidine rings is 2. The zero-order chi connectivity index (χ0) is 43.4. The molecule has 2 bridgehead atoms. The molecule has 4 aromatic heterocycles. The Bertz CT molecular complexity index is 2700. The van der Waals surface area contributed by atoms with Crippen LogP contribution in [0, 0.1) is 17.8 Å². The maximum absolute atomic E-state index is 14.3. The highest BCUT2D eigenvalue weighted by molar-refractivity contribution is 6.08. The largest absolute Gasteiger partial charge is 0.365 e. The van der Waals surface area contributed by atoms with Crippen molar-refractivity contribution in [3.63, 3.8) is 0 Å². The molecule has 330 valence electrons. The first-order chi connectivity index (χ1) is 30.6. The van der Waals surface area contributed by atoms with Crippen molar-refractivity contribution < 1.29 is 27.9 Å². The predicted octanol–water partition coefficient (Wildman–Crippen LogP) is 3.56. The SMILES string of the molecule is Cn1c(=O)n(C2CCC(=O)NC2=O)c2cccc(C#CCOC3CCN(CC4CCC(n5cc(NC(=O)c6cnn7ccc(N8C[C@H]9C[C@@H]8CN9)nc67)c(C(F)F)n5)CC4)CC3)c21. The maximum Gasteiger partial charge on any atom is 0.329 e. The molecule has 1 saturated carbocycles. The third kappa shape index (κ3) is 8.00. The molecule has 8 heterocycles. The number of nitrogens with one attached hydrogen (secondary N) is 3. The molecular formula is C44H50F2N12O5. The Kier molecular flexibility index (Phi) is 11.1. The van der Waals surface area contributed by atoms with E-state index < -0.39 is 30.0 Å². The average Bonchev–Trinajstić information content (AvgIpc) is 4.13. The fraction of sp³-hybridized carbons (Fsp3) is 0.523. The molecule has 0 spiro atoms. The third-order valence-electron chi connectivity index (χ3n) is 13.6. The van der Waals surface area contributed by atoms with Crippen LogP contribution in [0.2, 0.25) is 0 Å². The smallest absolute Gasteiger partial charge is 0.329 e. The van der Waals surface area contributed by atoms with Crippen LogP contribution in [0.4, 0.5) is 20.3 Å². The van der Waals surface area contributed by atoms with Gasteiger partial charge >= 0.3 is 5.69 Å². The van der Waals surface area contributed by atoms with Crippen LogP contribution in [0.25, 0.3) is 16.7 Å². The predicted molar refractivity (Wildman–Crippen MR) is 228 cm³/mol. The van der Waals surface area contributed by atoms with E-state index in [1.54, 1.807) is 30.2 Å². The number of ether oxygens (including phenoxy) is 1. The monoisotopic (exact) mass is 864 g/mol. The molecule has 1 aliphatic carbocycles. The summed E-state index contributed by atoms with van der Waals surface area (Å²) in [5, 5.41) is 17.1. The van der Waals surface area contributed by atoms with Gasteiger partial charge in [0, 0.05) is 70.7 Å². The van der Waals surface area contributed by atoms with Crippen LogP contribution in [-0.2, 0) is 21.4 Å². The molecule has 3 N–H and O–H groups in total. The summed E-state index contributed by atoms with van der Waals surface area (Å²) in [5.41, 5.74) is 1.68. The molecule has 10 rings (SSSR count). The lowest BCUT2D eigenvalue weighted by atomic mass is 9.85. The molecule has 0 radical (unpaired) electrons. The van der Waals surface area contributed by atoms with Crippen LogP contribution >= 0.6 is 0 Å². The quantitative estimate of drug-likeness (QED) is 0.138. The minimum Gasteiger partial charge on any atom is -0.365 e. The molecule has 3 amide bonds. The molecule has 3 atom stereocenters. The number of benzene rings is 1. The molecule has 19 heteroatoms. The molecule has 63 heavy (non-hydrogen) atoms. The fourth-order valence-electron chi connectivity index (χ4n) is 10.3. The number of para-hydroxylation sites is 1. The van der Waals surface area contributed by atoms with Crippen molar-refractivity contribution in [3.8, 4) is 11.8 Å². The Morgan fingerprint density at radius 2 is 1.87 bits per heavy atom. The van der Waals surface area contributed by atoms with Gasteiger partial charge in [-0.1, -0.05) is 17.9 Å². The molecule has 4 aliphatic heterocycles. The Balaban J connectivity index is 0.700. The van der Waals surface area contributed by atoms with Crippen molar-refractivity contribution in [2.45, 2.75) is 94.5 Å². The van der Waals surface area contributed by atoms with Crippen LogP contribution in [0.1, 0.15) is 97.9 Å². The van der Waals surface area contributed by atoms with Crippen molar-refractivity contribution in [1.29, 1.82) is 0 Å². The standard InChI is InChI=1S/C44H50F2N12O5/c1-53-39-27(4-2-6-34(39)58(44(53)62)35-11-12-37(59)51-43(35)61)5-3-19-63-31-13-16-54(17-14-31)23-26-7-9-29(10-8-26)57-25-33(38(52-57)40(45)46)49-42(60)32-22-48-56-18-15-36(50-41(32)56)55-24-28-20-30(55)21-47-28/h2,4,6,15,18,22,25-26,28-31,35,40,47H,7-14,16-17,19-21,23-24H2,1H3,(H,49,60)(H,51,59,61)/t26?,28-,29?,30-,35?/m1/s1. The van der Waals surface area contributed by atoms with E-state index in [1.165, 1.54) is 19.8 Å². The number of imidazole rings is 1. The lowest BCUT2D eigenvalue weighted by molar-refractivity contribution is -0.135. The summed E-state index contributed by atoms with van der Waals surface area (Å²) in [6.07, 6.45) is 8.73. The second-order valence-electron chi connectivity index (χ2n) is 17.6. The molecule has 4 saturated heterocycles. The van der Waals surface area contributed by atoms with Crippen molar-refractivity contribution >= 4 is 45.9 Å². The number of fused-ring (bicyclic) bond motifs is 4. The van der Waals surface area contributed by atoms with E-state index in [0.29, 0.717) is 40.2 Å². The minimum atomic E-state index is -2.86. The summed E-state index contributed by atoms with van der Waals surface area (Å²) in [6, 6.07) is 7.31. The van der Waals surface area contributed by atoms with Gasteiger partial charge in [0.1, 0.15) is 24.0 Å². The van der Waals surface area contributed by atoms with Crippen LogP contribution < -0.4 is 26.5 Å². The number of anilines is 2. The second kappa shape index (κ2) is 17.0. The van der Waals surface area contributed by atoms with Crippen LogP contribution in [-0.4, -0.2) is 114 Å². The third-order valence-corrected chi connectivity index (χ3v) is 13.6. The van der Waals surface area contributed by atoms with E-state index in [4.69, 9.17) is 9.72 Å². The number of carbonyl (C=O) groups excluding carboxylic acids is 3. The second-order valence-corrected chi connectivity index (χ2v) is 17.6. The van der Waals surface area contributed by atoms with Gasteiger partial charge in [-0.2, -0.15) is 10.2 Å². The number of imide groups is 1. The molecule has 5 aromatic rings. The number of nitrogens with zero attached hydrogens (tertiary/aromatic N) is 9. The maximum atomic E-state index is 14.3. The zero-order valence-corrected chi connectivity index (χ0v) is 35.0. The highest BCUT2D eigenvalue weighted by atomic mass is 19.3. The lowest BCUT2D eigenvalue weighted by Crippen LogP contribution is -2.44. The van der Waals surface area contributed by atoms with Gasteiger partial charge in [-0.25, -0.2) is 23.1 Å². The van der Waals surface area contributed by atoms with E-state index in [-0.39, 0.29) is 54.4 Å². The Morgan fingerprint density at radius 3 is 2.62 bits per heavy atom. The highest BCUT2D eigenvalue weighted by Crippen LogP contribution is 2.36. The number of amides is 3. The Morgan fingerprint density at radius 1 is 1.05 bits per heavy atom. The van der Waals surface area contributed by atoms with E-state index in [9.17, 15) is 28.0 Å². The van der Waals surface area contributed by atoms with E-state index in [1.807, 2.05) is 18.2 Å². The number of aromatic nitrogens is 7. The number of alkyl halides is 2. The number of likely N-dealkylation sites (tertiary alicyclic amines) is 1. The topological polar surface area (TPSA) is 178 Å². The fourth-order valence-corrected chi connectivity index (χ4v) is 10.3. The summed E-state index contributed by atoms with van der Waals surface area (Å²) >= 11 is 0. The number of halogens is 2. The van der Waals surface area contributed by atoms with Crippen molar-refractivity contribution in [3.05, 3.63) is 70.2 Å². The van der Waals surface area contributed by atoms with Crippen molar-refractivity contribution in [2.75, 3.05) is 49.5 Å². The van der Waals surface area contributed by atoms with Gasteiger partial charge in [0.25, 0.3) is 12.3 Å². The van der Waals surface area contributed by atoms with E-state index in [2.05, 4.69) is 47.8 Å². The van der Waals surface area contributed by atoms with Gasteiger partial charge in [-0.3, -0.25) is 33.5 Å². The summed E-state index contributed by atoms with van der Waals surface area (Å²) < 4.78 is 40.8. The zero-order valence-electron chi connectivity index (χ0n) is 35.0. The highest BCUT2D eigenvalue weighted by Gasteiger charge is 2.39. The first kappa shape index (κ1) is 41.1. The van der Waals surface area contributed by atoms with Gasteiger partial charge in [0.15, 0.2) is 11.3 Å². The number of piperazine rings is 1. The van der Waals surface area contributed by atoms with Gasteiger partial charge in [0.2, 0.25) is 11.8 Å². The molecule has 1 unspecified atom stereocenters. The molecular weight excluding hydrogens is 815 g/mol. The van der Waals surface area contributed by atoms with E-state index >= 15 is 0 Å². The van der Waals surface area contributed by atoms with E-state index in [0.717, 1.165) is 83.5 Å². The Hall–Kier alpha value is -5.97. The molecule has 5 fully saturated rings. The van der Waals surface area contributed by atoms with Gasteiger partial charge in [0.05, 0.1) is 40.6 Å². The first-order valence-corrected chi connectivity index (χ1v) is 22.0. The summed E-state index contributed by atoms with van der Waals surface area (Å²) in [4.78, 5) is 60.6. The number of hydrogen-bond acceptors (Lipinski definition) is 11. The number of rotatable bonds is 10. The van der Waals surface area contributed by atoms with Crippen LogP contribution in [0.5, 0.6) is 0 Å². The Labute approximate surface area is 361 Å². The summed E-state index contributed by atoms with van der Waals surface area (Å²) in [6.45, 7) is 4.77. The number of carbonyl (C=O) groups is 3. The first-order valence-electron chi connectivity index (χ1n) is 22.0. The summed E-state index contributed by atoms with van der Waals surface area (Å²) in [5.74, 6) is 6.17. The normalized spacial score (nSPS) is 24.4. The average molecular weight is 865 g/mol. The van der Waals surface area contributed by atoms with Gasteiger partial charge in [-0.15, -0.1) is 0 Å². The van der Waals surface area contributed by atoms with Crippen LogP contribution in [0.15, 0.2) is 47.7 Å². The molecule has 5 aliphatic rings. The lowest BCUT2D eigenvalue weighted by Gasteiger charge is -2.36. The molecule has 1 aromatic carbocycles. The van der Waals surface area contributed by atoms with Crippen LogP contribution in [0.3, 0.4) is 0 Å².